The predicted octanol–water partition coefficient (Wildman–Crippen LogP) is 2.14. The summed E-state index contributed by atoms with van der Waals surface area (Å²) in [5.41, 5.74) is -0.200. The lowest BCUT2D eigenvalue weighted by atomic mass is 9.85. The average molecular weight is 140 g/mol. The molecule has 1 nitrogen and oxygen atoms in total. The number of aliphatic hydroxyl groups excluding tert-OH is 1. The van der Waals surface area contributed by atoms with Gasteiger partial charge >= 0.3 is 0 Å². The minimum atomic E-state index is -0.359. The molecule has 0 aliphatic rings. The molecule has 1 heteroatoms. The van der Waals surface area contributed by atoms with E-state index in [1.54, 1.807) is 12.2 Å². The third kappa shape index (κ3) is 2.36. The van der Waals surface area contributed by atoms with Crippen LogP contribution in [0.15, 0.2) is 25.3 Å². The van der Waals surface area contributed by atoms with Crippen LogP contribution >= 0.6 is 0 Å². The molecule has 0 heterocycles. The van der Waals surface area contributed by atoms with Crippen LogP contribution in [0.1, 0.15) is 20.3 Å². The van der Waals surface area contributed by atoms with Gasteiger partial charge in [0.05, 0.1) is 6.10 Å². The summed E-state index contributed by atoms with van der Waals surface area (Å²) in [4.78, 5) is 0. The van der Waals surface area contributed by atoms with Crippen LogP contribution in [0, 0.1) is 5.41 Å². The highest BCUT2D eigenvalue weighted by molar-refractivity contribution is 4.95. The van der Waals surface area contributed by atoms with Crippen molar-refractivity contribution in [3.63, 3.8) is 0 Å². The normalized spacial score (nSPS) is 14.3. The second-order valence-corrected chi connectivity index (χ2v) is 3.07. The maximum atomic E-state index is 9.43. The van der Waals surface area contributed by atoms with Crippen molar-refractivity contribution in [1.82, 2.24) is 0 Å². The van der Waals surface area contributed by atoms with Crippen molar-refractivity contribution >= 4 is 0 Å². The number of hydrogen-bond acceptors (Lipinski definition) is 1. The van der Waals surface area contributed by atoms with E-state index in [0.717, 1.165) is 0 Å². The molecule has 0 aromatic heterocycles. The van der Waals surface area contributed by atoms with Crippen LogP contribution in [0.3, 0.4) is 0 Å². The van der Waals surface area contributed by atoms with Gasteiger partial charge in [-0.2, -0.15) is 0 Å². The molecular formula is C9H16O. The van der Waals surface area contributed by atoms with Crippen molar-refractivity contribution in [2.75, 3.05) is 0 Å². The third-order valence-electron chi connectivity index (χ3n) is 1.77. The van der Waals surface area contributed by atoms with Crippen molar-refractivity contribution in [2.24, 2.45) is 5.41 Å². The van der Waals surface area contributed by atoms with Gasteiger partial charge < -0.3 is 5.11 Å². The van der Waals surface area contributed by atoms with Gasteiger partial charge in [-0.3, -0.25) is 0 Å². The van der Waals surface area contributed by atoms with Gasteiger partial charge in [-0.25, -0.2) is 0 Å². The van der Waals surface area contributed by atoms with Crippen LogP contribution in [0.2, 0.25) is 0 Å². The van der Waals surface area contributed by atoms with Gasteiger partial charge in [0, 0.05) is 5.41 Å². The Morgan fingerprint density at radius 1 is 1.50 bits per heavy atom. The van der Waals surface area contributed by atoms with E-state index in [1.165, 1.54) is 0 Å². The monoisotopic (exact) mass is 140 g/mol. The first-order valence-corrected chi connectivity index (χ1v) is 3.47. The van der Waals surface area contributed by atoms with E-state index < -0.39 is 0 Å². The van der Waals surface area contributed by atoms with Gasteiger partial charge in [0.15, 0.2) is 0 Å². The summed E-state index contributed by atoms with van der Waals surface area (Å²) in [6.07, 6.45) is 3.75. The Balaban J connectivity index is 4.02. The fourth-order valence-corrected chi connectivity index (χ4v) is 0.598. The number of rotatable bonds is 4. The van der Waals surface area contributed by atoms with Gasteiger partial charge in [-0.05, 0) is 6.42 Å². The standard InChI is InChI=1S/C9H16O/c1-5-7-8(10)9(3,4)6-2/h5-6,8,10H,1-2,7H2,3-4H3. The SMILES string of the molecule is C=CCC(O)C(C)(C)C=C. The summed E-state index contributed by atoms with van der Waals surface area (Å²) >= 11 is 0. The molecule has 0 aromatic rings. The summed E-state index contributed by atoms with van der Waals surface area (Å²) in [5.74, 6) is 0. The molecule has 0 aliphatic carbocycles. The summed E-state index contributed by atoms with van der Waals surface area (Å²) in [5, 5.41) is 9.43. The fraction of sp³-hybridized carbons (Fsp3) is 0.556. The maximum absolute atomic E-state index is 9.43. The Bertz CT molecular complexity index is 125. The van der Waals surface area contributed by atoms with Crippen molar-refractivity contribution in [2.45, 2.75) is 26.4 Å². The molecule has 1 unspecified atom stereocenters. The molecule has 1 N–H and O–H groups in total. The van der Waals surface area contributed by atoms with Gasteiger partial charge in [0.1, 0.15) is 0 Å². The van der Waals surface area contributed by atoms with Crippen LogP contribution in [0.5, 0.6) is 0 Å². The summed E-state index contributed by atoms with van der Waals surface area (Å²) in [6, 6.07) is 0. The molecule has 58 valence electrons. The molecule has 0 fully saturated rings. The number of hydrogen-bond donors (Lipinski definition) is 1. The zero-order valence-corrected chi connectivity index (χ0v) is 6.80. The highest BCUT2D eigenvalue weighted by Crippen LogP contribution is 2.23. The molecule has 0 aromatic carbocycles. The first kappa shape index (κ1) is 9.44. The second kappa shape index (κ2) is 3.57. The van der Waals surface area contributed by atoms with E-state index in [-0.39, 0.29) is 11.5 Å². The maximum Gasteiger partial charge on any atom is 0.0659 e. The molecule has 0 radical (unpaired) electrons. The van der Waals surface area contributed by atoms with Crippen molar-refractivity contribution in [3.05, 3.63) is 25.3 Å². The Morgan fingerprint density at radius 3 is 2.30 bits per heavy atom. The molecule has 10 heavy (non-hydrogen) atoms. The highest BCUT2D eigenvalue weighted by Gasteiger charge is 2.22. The summed E-state index contributed by atoms with van der Waals surface area (Å²) < 4.78 is 0. The van der Waals surface area contributed by atoms with E-state index in [0.29, 0.717) is 6.42 Å². The largest absolute Gasteiger partial charge is 0.392 e. The lowest BCUT2D eigenvalue weighted by Crippen LogP contribution is -2.26. The van der Waals surface area contributed by atoms with E-state index in [9.17, 15) is 5.11 Å². The highest BCUT2D eigenvalue weighted by atomic mass is 16.3. The van der Waals surface area contributed by atoms with Gasteiger partial charge in [0.2, 0.25) is 0 Å². The molecule has 0 saturated heterocycles. The van der Waals surface area contributed by atoms with Crippen LogP contribution in [0.4, 0.5) is 0 Å². The fourth-order valence-electron chi connectivity index (χ4n) is 0.598. The zero-order valence-electron chi connectivity index (χ0n) is 6.80. The molecule has 0 bridgehead atoms. The van der Waals surface area contributed by atoms with Gasteiger partial charge in [-0.15, -0.1) is 13.2 Å². The Morgan fingerprint density at radius 2 is 2.00 bits per heavy atom. The smallest absolute Gasteiger partial charge is 0.0659 e. The Hall–Kier alpha value is -0.560. The van der Waals surface area contributed by atoms with Gasteiger partial charge in [0.25, 0.3) is 0 Å². The Kier molecular flexibility index (Phi) is 3.37. The van der Waals surface area contributed by atoms with Crippen molar-refractivity contribution in [3.8, 4) is 0 Å². The van der Waals surface area contributed by atoms with E-state index in [1.807, 2.05) is 13.8 Å². The third-order valence-corrected chi connectivity index (χ3v) is 1.77. The van der Waals surface area contributed by atoms with Crippen molar-refractivity contribution < 1.29 is 5.11 Å². The predicted molar refractivity (Wildman–Crippen MR) is 44.8 cm³/mol. The quantitative estimate of drug-likeness (QED) is 0.593. The number of aliphatic hydroxyl groups is 1. The lowest BCUT2D eigenvalue weighted by Gasteiger charge is -2.25. The van der Waals surface area contributed by atoms with Crippen LogP contribution in [-0.4, -0.2) is 11.2 Å². The van der Waals surface area contributed by atoms with E-state index >= 15 is 0 Å². The van der Waals surface area contributed by atoms with Crippen LogP contribution in [-0.2, 0) is 0 Å². The summed E-state index contributed by atoms with van der Waals surface area (Å²) in [6.45, 7) is 11.1. The lowest BCUT2D eigenvalue weighted by molar-refractivity contribution is 0.0851. The van der Waals surface area contributed by atoms with Crippen molar-refractivity contribution in [1.29, 1.82) is 0 Å². The molecule has 1 atom stereocenters. The minimum absolute atomic E-state index is 0.200. The molecule has 0 saturated carbocycles. The van der Waals surface area contributed by atoms with Gasteiger partial charge in [-0.1, -0.05) is 26.0 Å². The molecule has 0 aliphatic heterocycles. The van der Waals surface area contributed by atoms with Crippen LogP contribution in [0.25, 0.3) is 0 Å². The van der Waals surface area contributed by atoms with E-state index in [4.69, 9.17) is 0 Å². The Labute approximate surface area is 63.1 Å². The second-order valence-electron chi connectivity index (χ2n) is 3.07. The molecule has 0 amide bonds. The first-order chi connectivity index (χ1) is 4.54. The average Bonchev–Trinajstić information content (AvgIpc) is 1.89. The molecule has 0 rings (SSSR count). The minimum Gasteiger partial charge on any atom is -0.392 e. The van der Waals surface area contributed by atoms with E-state index in [2.05, 4.69) is 13.2 Å². The molecule has 0 spiro atoms. The van der Waals surface area contributed by atoms with Crippen LogP contribution < -0.4 is 0 Å². The molecular weight excluding hydrogens is 124 g/mol. The first-order valence-electron chi connectivity index (χ1n) is 3.47. The topological polar surface area (TPSA) is 20.2 Å². The zero-order chi connectivity index (χ0) is 8.20. The summed E-state index contributed by atoms with van der Waals surface area (Å²) in [7, 11) is 0.